The summed E-state index contributed by atoms with van der Waals surface area (Å²) in [6, 6.07) is 0. The summed E-state index contributed by atoms with van der Waals surface area (Å²) in [4.78, 5) is 10.7. The van der Waals surface area contributed by atoms with Gasteiger partial charge in [-0.15, -0.1) is 0 Å². The third-order valence-electron chi connectivity index (χ3n) is 3.23. The zero-order chi connectivity index (χ0) is 10.7. The molecule has 1 fully saturated rings. The van der Waals surface area contributed by atoms with Crippen LogP contribution in [0.3, 0.4) is 0 Å². The van der Waals surface area contributed by atoms with E-state index in [1.165, 1.54) is 6.42 Å². The summed E-state index contributed by atoms with van der Waals surface area (Å²) in [6.45, 7) is 11.6. The molecule has 0 aromatic rings. The van der Waals surface area contributed by atoms with Crippen LogP contribution in [-0.2, 0) is 9.53 Å². The van der Waals surface area contributed by atoms with E-state index < -0.39 is 5.97 Å². The van der Waals surface area contributed by atoms with Gasteiger partial charge in [-0.2, -0.15) is 0 Å². The molecular weight excluding hydrogens is 176 g/mol. The highest BCUT2D eigenvalue weighted by Gasteiger charge is 2.32. The fourth-order valence-electron chi connectivity index (χ4n) is 2.40. The molecule has 1 saturated carbocycles. The van der Waals surface area contributed by atoms with Crippen molar-refractivity contribution in [1.29, 1.82) is 0 Å². The highest BCUT2D eigenvalue weighted by Crippen LogP contribution is 2.35. The minimum atomic E-state index is -0.630. The minimum absolute atomic E-state index is 0.0382. The van der Waals surface area contributed by atoms with Gasteiger partial charge in [0.2, 0.25) is 0 Å². The number of esters is 1. The van der Waals surface area contributed by atoms with Crippen LogP contribution in [0.5, 0.6) is 0 Å². The molecule has 0 amide bonds. The summed E-state index contributed by atoms with van der Waals surface area (Å²) >= 11 is 0. The Bertz CT molecular complexity index is 198. The van der Waals surface area contributed by atoms with Gasteiger partial charge in [-0.1, -0.05) is 27.2 Å². The lowest BCUT2D eigenvalue weighted by Crippen LogP contribution is -2.35. The Balaban J connectivity index is 2.58. The molecule has 0 N–H and O–H groups in total. The van der Waals surface area contributed by atoms with E-state index in [0.29, 0.717) is 17.8 Å². The smallest absolute Gasteiger partial charge is 0.311 e. The maximum absolute atomic E-state index is 10.7. The summed E-state index contributed by atoms with van der Waals surface area (Å²) in [6.07, 6.45) is 3.39. The van der Waals surface area contributed by atoms with Crippen molar-refractivity contribution in [3.8, 4) is 0 Å². The van der Waals surface area contributed by atoms with Crippen LogP contribution in [0.1, 0.15) is 40.0 Å². The van der Waals surface area contributed by atoms with E-state index in [0.717, 1.165) is 12.8 Å². The summed E-state index contributed by atoms with van der Waals surface area (Å²) in [7, 11) is 0. The van der Waals surface area contributed by atoms with Crippen molar-refractivity contribution in [3.63, 3.8) is 0 Å². The number of rotatable bonds is 2. The molecule has 3 atom stereocenters. The van der Waals surface area contributed by atoms with E-state index >= 15 is 0 Å². The van der Waals surface area contributed by atoms with Crippen LogP contribution >= 0.6 is 0 Å². The SMILES string of the molecule is [CH]C(=O)OC1CC(C)CCC1C(C)C. The van der Waals surface area contributed by atoms with Gasteiger partial charge >= 0.3 is 5.97 Å². The molecular formula is C12H20O2. The molecule has 80 valence electrons. The number of hydrogen-bond acceptors (Lipinski definition) is 2. The largest absolute Gasteiger partial charge is 0.462 e. The molecule has 2 heteroatoms. The van der Waals surface area contributed by atoms with Gasteiger partial charge in [0.05, 0.1) is 6.92 Å². The molecule has 1 aliphatic rings. The highest BCUT2D eigenvalue weighted by atomic mass is 16.5. The van der Waals surface area contributed by atoms with E-state index in [9.17, 15) is 4.79 Å². The lowest BCUT2D eigenvalue weighted by Gasteiger charge is -2.36. The van der Waals surface area contributed by atoms with E-state index in [2.05, 4.69) is 20.8 Å². The number of hydrogen-bond donors (Lipinski definition) is 0. The Morgan fingerprint density at radius 1 is 1.43 bits per heavy atom. The Labute approximate surface area is 87.0 Å². The lowest BCUT2D eigenvalue weighted by atomic mass is 9.75. The molecule has 0 aliphatic heterocycles. The Morgan fingerprint density at radius 2 is 2.07 bits per heavy atom. The van der Waals surface area contributed by atoms with Gasteiger partial charge in [0, 0.05) is 0 Å². The van der Waals surface area contributed by atoms with E-state index in [-0.39, 0.29) is 6.10 Å². The molecule has 14 heavy (non-hydrogen) atoms. The van der Waals surface area contributed by atoms with Crippen LogP contribution in [0.15, 0.2) is 0 Å². The summed E-state index contributed by atoms with van der Waals surface area (Å²) < 4.78 is 5.17. The zero-order valence-corrected chi connectivity index (χ0v) is 9.32. The van der Waals surface area contributed by atoms with Gasteiger partial charge in [0.1, 0.15) is 6.10 Å². The fourth-order valence-corrected chi connectivity index (χ4v) is 2.40. The fraction of sp³-hybridized carbons (Fsp3) is 0.833. The molecule has 2 nitrogen and oxygen atoms in total. The summed E-state index contributed by atoms with van der Waals surface area (Å²) in [5.41, 5.74) is 0. The third-order valence-corrected chi connectivity index (χ3v) is 3.23. The average Bonchev–Trinajstić information content (AvgIpc) is 2.01. The first-order valence-corrected chi connectivity index (χ1v) is 5.46. The monoisotopic (exact) mass is 196 g/mol. The topological polar surface area (TPSA) is 26.3 Å². The van der Waals surface area contributed by atoms with Crippen LogP contribution in [0.25, 0.3) is 0 Å². The molecule has 0 spiro atoms. The summed E-state index contributed by atoms with van der Waals surface area (Å²) in [5.74, 6) is 1.06. The van der Waals surface area contributed by atoms with Crippen molar-refractivity contribution in [2.45, 2.75) is 46.1 Å². The van der Waals surface area contributed by atoms with Gasteiger partial charge in [-0.25, -0.2) is 0 Å². The second kappa shape index (κ2) is 4.81. The predicted octanol–water partition coefficient (Wildman–Crippen LogP) is 2.70. The first kappa shape index (κ1) is 11.5. The highest BCUT2D eigenvalue weighted by molar-refractivity contribution is 5.73. The van der Waals surface area contributed by atoms with E-state index in [1.807, 2.05) is 0 Å². The molecule has 1 rings (SSSR count). The molecule has 0 aromatic carbocycles. The van der Waals surface area contributed by atoms with Gasteiger partial charge in [0.15, 0.2) is 0 Å². The Hall–Kier alpha value is -0.530. The Morgan fingerprint density at radius 3 is 2.57 bits per heavy atom. The van der Waals surface area contributed by atoms with Gasteiger partial charge in [-0.05, 0) is 30.6 Å². The van der Waals surface area contributed by atoms with Crippen molar-refractivity contribution in [2.24, 2.45) is 17.8 Å². The molecule has 0 bridgehead atoms. The molecule has 3 unspecified atom stereocenters. The van der Waals surface area contributed by atoms with Crippen molar-refractivity contribution >= 4 is 5.97 Å². The maximum Gasteiger partial charge on any atom is 0.311 e. The quantitative estimate of drug-likeness (QED) is 0.635. The minimum Gasteiger partial charge on any atom is -0.462 e. The van der Waals surface area contributed by atoms with Gasteiger partial charge < -0.3 is 4.74 Å². The number of ether oxygens (including phenoxy) is 1. The van der Waals surface area contributed by atoms with Crippen molar-refractivity contribution < 1.29 is 9.53 Å². The molecule has 0 heterocycles. The zero-order valence-electron chi connectivity index (χ0n) is 9.32. The van der Waals surface area contributed by atoms with Crippen molar-refractivity contribution in [1.82, 2.24) is 0 Å². The van der Waals surface area contributed by atoms with Crippen molar-refractivity contribution in [3.05, 3.63) is 6.92 Å². The van der Waals surface area contributed by atoms with Crippen LogP contribution < -0.4 is 0 Å². The average molecular weight is 196 g/mol. The van der Waals surface area contributed by atoms with Crippen LogP contribution in [-0.4, -0.2) is 12.1 Å². The molecule has 2 radical (unpaired) electrons. The number of carbonyl (C=O) groups excluding carboxylic acids is 1. The number of carbonyl (C=O) groups is 1. The standard InChI is InChI=1S/C12H20O2/c1-8(2)11-6-5-9(3)7-12(11)14-10(4)13/h4,8-9,11-12H,5-7H2,1-3H3. The van der Waals surface area contributed by atoms with Crippen LogP contribution in [0, 0.1) is 24.7 Å². The maximum atomic E-state index is 10.7. The normalized spacial score (nSPS) is 33.1. The molecule has 1 aliphatic carbocycles. The second-order valence-corrected chi connectivity index (χ2v) is 4.80. The van der Waals surface area contributed by atoms with Crippen LogP contribution in [0.4, 0.5) is 0 Å². The van der Waals surface area contributed by atoms with Gasteiger partial charge in [0.25, 0.3) is 0 Å². The third kappa shape index (κ3) is 3.00. The van der Waals surface area contributed by atoms with E-state index in [4.69, 9.17) is 11.7 Å². The van der Waals surface area contributed by atoms with E-state index in [1.54, 1.807) is 0 Å². The molecule has 0 aromatic heterocycles. The van der Waals surface area contributed by atoms with Gasteiger partial charge in [-0.3, -0.25) is 4.79 Å². The second-order valence-electron chi connectivity index (χ2n) is 4.80. The summed E-state index contributed by atoms with van der Waals surface area (Å²) in [5, 5.41) is 0. The first-order valence-electron chi connectivity index (χ1n) is 5.46. The van der Waals surface area contributed by atoms with Crippen LogP contribution in [0.2, 0.25) is 0 Å². The predicted molar refractivity (Wildman–Crippen MR) is 55.5 cm³/mol. The Kier molecular flexibility index (Phi) is 3.97. The molecule has 0 saturated heterocycles. The lowest BCUT2D eigenvalue weighted by molar-refractivity contribution is -0.150. The van der Waals surface area contributed by atoms with Crippen molar-refractivity contribution in [2.75, 3.05) is 0 Å². The first-order chi connectivity index (χ1) is 6.50.